The highest BCUT2D eigenvalue weighted by molar-refractivity contribution is 6.01. The first kappa shape index (κ1) is 20.7. The molecule has 1 saturated heterocycles. The number of nitrogens with one attached hydrogen (secondary N) is 2. The standard InChI is InChI=1S/C21H27N3O5/c1-21(7-8-24(2)13-21)20(26)23-16-10-14(11-17(27-3)18(16)28-4)19(25)22-12-15-6-5-9-29-15/h5-6,9-11H,7-8,12-13H2,1-4H3,(H,22,25)(H,23,26). The van der Waals surface area contributed by atoms with Gasteiger partial charge in [0, 0.05) is 12.1 Å². The van der Waals surface area contributed by atoms with E-state index in [1.54, 1.807) is 30.5 Å². The maximum Gasteiger partial charge on any atom is 0.251 e. The Morgan fingerprint density at radius 3 is 2.66 bits per heavy atom. The summed E-state index contributed by atoms with van der Waals surface area (Å²) in [5, 5.41) is 5.73. The van der Waals surface area contributed by atoms with Crippen molar-refractivity contribution in [3.63, 3.8) is 0 Å². The number of amides is 2. The first-order valence-electron chi connectivity index (χ1n) is 9.43. The van der Waals surface area contributed by atoms with Gasteiger partial charge in [-0.3, -0.25) is 9.59 Å². The van der Waals surface area contributed by atoms with E-state index < -0.39 is 5.41 Å². The largest absolute Gasteiger partial charge is 0.493 e. The molecule has 2 aromatic rings. The molecular weight excluding hydrogens is 374 g/mol. The van der Waals surface area contributed by atoms with Gasteiger partial charge in [-0.05, 0) is 51.2 Å². The maximum absolute atomic E-state index is 13.0. The minimum atomic E-state index is -0.509. The number of furan rings is 1. The number of benzene rings is 1. The lowest BCUT2D eigenvalue weighted by atomic mass is 9.88. The van der Waals surface area contributed by atoms with Gasteiger partial charge in [-0.25, -0.2) is 0 Å². The number of likely N-dealkylation sites (tertiary alicyclic amines) is 1. The van der Waals surface area contributed by atoms with E-state index in [0.29, 0.717) is 35.1 Å². The summed E-state index contributed by atoms with van der Waals surface area (Å²) in [6.07, 6.45) is 2.31. The van der Waals surface area contributed by atoms with Crippen LogP contribution in [0.2, 0.25) is 0 Å². The molecule has 2 N–H and O–H groups in total. The molecule has 1 unspecified atom stereocenters. The topological polar surface area (TPSA) is 93.0 Å². The predicted octanol–water partition coefficient (Wildman–Crippen LogP) is 2.51. The van der Waals surface area contributed by atoms with Crippen LogP contribution >= 0.6 is 0 Å². The van der Waals surface area contributed by atoms with E-state index in [2.05, 4.69) is 15.5 Å². The van der Waals surface area contributed by atoms with Gasteiger partial charge >= 0.3 is 0 Å². The van der Waals surface area contributed by atoms with Gasteiger partial charge in [-0.15, -0.1) is 0 Å². The first-order chi connectivity index (χ1) is 13.9. The van der Waals surface area contributed by atoms with E-state index in [0.717, 1.165) is 13.0 Å². The minimum absolute atomic E-state index is 0.115. The molecule has 1 aromatic carbocycles. The van der Waals surface area contributed by atoms with Crippen LogP contribution in [0, 0.1) is 5.41 Å². The second-order valence-electron chi connectivity index (χ2n) is 7.52. The highest BCUT2D eigenvalue weighted by atomic mass is 16.5. The minimum Gasteiger partial charge on any atom is -0.493 e. The molecule has 3 rings (SSSR count). The number of rotatable bonds is 7. The number of methoxy groups -OCH3 is 2. The fraction of sp³-hybridized carbons (Fsp3) is 0.429. The summed E-state index contributed by atoms with van der Waals surface area (Å²) in [5.74, 6) is 0.950. The molecule has 2 amide bonds. The predicted molar refractivity (Wildman–Crippen MR) is 108 cm³/mol. The van der Waals surface area contributed by atoms with E-state index in [1.165, 1.54) is 14.2 Å². The molecular formula is C21H27N3O5. The SMILES string of the molecule is COc1cc(C(=O)NCc2ccco2)cc(NC(=O)C2(C)CCN(C)C2)c1OC. The second-order valence-corrected chi connectivity index (χ2v) is 7.52. The number of nitrogens with zero attached hydrogens (tertiary/aromatic N) is 1. The lowest BCUT2D eigenvalue weighted by Crippen LogP contribution is -2.36. The van der Waals surface area contributed by atoms with Crippen molar-refractivity contribution in [1.82, 2.24) is 10.2 Å². The van der Waals surface area contributed by atoms with Crippen molar-refractivity contribution in [1.29, 1.82) is 0 Å². The quantitative estimate of drug-likeness (QED) is 0.741. The summed E-state index contributed by atoms with van der Waals surface area (Å²) in [4.78, 5) is 27.7. The molecule has 156 valence electrons. The smallest absolute Gasteiger partial charge is 0.251 e. The maximum atomic E-state index is 13.0. The third-order valence-electron chi connectivity index (χ3n) is 5.20. The van der Waals surface area contributed by atoms with Crippen LogP contribution < -0.4 is 20.1 Å². The first-order valence-corrected chi connectivity index (χ1v) is 9.43. The van der Waals surface area contributed by atoms with Crippen LogP contribution in [0.3, 0.4) is 0 Å². The molecule has 0 radical (unpaired) electrons. The molecule has 1 aromatic heterocycles. The lowest BCUT2D eigenvalue weighted by Gasteiger charge is -2.24. The normalized spacial score (nSPS) is 19.0. The Labute approximate surface area is 170 Å². The summed E-state index contributed by atoms with van der Waals surface area (Å²) in [6.45, 7) is 3.73. The molecule has 29 heavy (non-hydrogen) atoms. The molecule has 0 spiro atoms. The van der Waals surface area contributed by atoms with Crippen molar-refractivity contribution in [2.24, 2.45) is 5.41 Å². The van der Waals surface area contributed by atoms with E-state index >= 15 is 0 Å². The van der Waals surface area contributed by atoms with Crippen molar-refractivity contribution >= 4 is 17.5 Å². The van der Waals surface area contributed by atoms with Gasteiger partial charge in [0.25, 0.3) is 5.91 Å². The Balaban J connectivity index is 1.84. The van der Waals surface area contributed by atoms with Crippen molar-refractivity contribution in [3.05, 3.63) is 41.9 Å². The molecule has 1 fully saturated rings. The average molecular weight is 401 g/mol. The fourth-order valence-electron chi connectivity index (χ4n) is 3.52. The van der Waals surface area contributed by atoms with Gasteiger partial charge in [0.15, 0.2) is 11.5 Å². The molecule has 0 bridgehead atoms. The Bertz CT molecular complexity index is 881. The van der Waals surface area contributed by atoms with Crippen LogP contribution in [-0.2, 0) is 11.3 Å². The van der Waals surface area contributed by atoms with Gasteiger partial charge in [0.1, 0.15) is 5.76 Å². The number of hydrogen-bond acceptors (Lipinski definition) is 6. The van der Waals surface area contributed by atoms with Crippen LogP contribution in [0.25, 0.3) is 0 Å². The Hall–Kier alpha value is -3.00. The third-order valence-corrected chi connectivity index (χ3v) is 5.20. The molecule has 1 aliphatic rings. The Kier molecular flexibility index (Phi) is 6.12. The van der Waals surface area contributed by atoms with E-state index in [1.807, 2.05) is 14.0 Å². The summed E-state index contributed by atoms with van der Waals surface area (Å²) in [5.41, 5.74) is 0.235. The monoisotopic (exact) mass is 401 g/mol. The fourth-order valence-corrected chi connectivity index (χ4v) is 3.52. The summed E-state index contributed by atoms with van der Waals surface area (Å²) < 4.78 is 16.1. The summed E-state index contributed by atoms with van der Waals surface area (Å²) >= 11 is 0. The van der Waals surface area contributed by atoms with Crippen LogP contribution in [0.15, 0.2) is 34.9 Å². The van der Waals surface area contributed by atoms with Crippen LogP contribution in [0.5, 0.6) is 11.5 Å². The zero-order valence-electron chi connectivity index (χ0n) is 17.2. The Morgan fingerprint density at radius 2 is 2.07 bits per heavy atom. The Morgan fingerprint density at radius 1 is 1.28 bits per heavy atom. The summed E-state index contributed by atoms with van der Waals surface area (Å²) in [6, 6.07) is 6.71. The van der Waals surface area contributed by atoms with Crippen LogP contribution in [0.4, 0.5) is 5.69 Å². The van der Waals surface area contributed by atoms with Gasteiger partial charge in [-0.2, -0.15) is 0 Å². The zero-order chi connectivity index (χ0) is 21.0. The average Bonchev–Trinajstić information content (AvgIpc) is 3.35. The van der Waals surface area contributed by atoms with Gasteiger partial charge in [-0.1, -0.05) is 0 Å². The molecule has 8 heteroatoms. The van der Waals surface area contributed by atoms with Crippen molar-refractivity contribution < 1.29 is 23.5 Å². The second kappa shape index (κ2) is 8.57. The number of carbonyl (C=O) groups excluding carboxylic acids is 2. The number of carbonyl (C=O) groups is 2. The van der Waals surface area contributed by atoms with Crippen LogP contribution in [0.1, 0.15) is 29.5 Å². The van der Waals surface area contributed by atoms with E-state index in [9.17, 15) is 9.59 Å². The molecule has 2 heterocycles. The van der Waals surface area contributed by atoms with Crippen molar-refractivity contribution in [2.75, 3.05) is 39.7 Å². The molecule has 8 nitrogen and oxygen atoms in total. The molecule has 1 atom stereocenters. The molecule has 1 aliphatic heterocycles. The zero-order valence-corrected chi connectivity index (χ0v) is 17.2. The van der Waals surface area contributed by atoms with Gasteiger partial charge < -0.3 is 29.4 Å². The van der Waals surface area contributed by atoms with Crippen LogP contribution in [-0.4, -0.2) is 51.1 Å². The highest BCUT2D eigenvalue weighted by Gasteiger charge is 2.39. The number of anilines is 1. The molecule has 0 aliphatic carbocycles. The lowest BCUT2D eigenvalue weighted by molar-refractivity contribution is -0.124. The van der Waals surface area contributed by atoms with Crippen molar-refractivity contribution in [2.45, 2.75) is 19.9 Å². The number of ether oxygens (including phenoxy) is 2. The third kappa shape index (κ3) is 4.54. The molecule has 0 saturated carbocycles. The van der Waals surface area contributed by atoms with E-state index in [4.69, 9.17) is 13.9 Å². The number of hydrogen-bond donors (Lipinski definition) is 2. The highest BCUT2D eigenvalue weighted by Crippen LogP contribution is 2.38. The van der Waals surface area contributed by atoms with Gasteiger partial charge in [0.2, 0.25) is 5.91 Å². The van der Waals surface area contributed by atoms with Crippen molar-refractivity contribution in [3.8, 4) is 11.5 Å². The summed E-state index contributed by atoms with van der Waals surface area (Å²) in [7, 11) is 4.97. The van der Waals surface area contributed by atoms with Gasteiger partial charge in [0.05, 0.1) is 38.1 Å². The van der Waals surface area contributed by atoms with E-state index in [-0.39, 0.29) is 18.4 Å².